The lowest BCUT2D eigenvalue weighted by molar-refractivity contribution is 0.0499. The Morgan fingerprint density at radius 3 is 2.36 bits per heavy atom. The second-order valence-electron chi connectivity index (χ2n) is 6.22. The minimum Gasteiger partial charge on any atom is -0.490 e. The fraction of sp³-hybridized carbons (Fsp3) is 0.381. The third-order valence-electron chi connectivity index (χ3n) is 4.01. The second kappa shape index (κ2) is 10.6. The van der Waals surface area contributed by atoms with E-state index in [1.165, 1.54) is 18.2 Å². The molecule has 0 aromatic heterocycles. The number of esters is 1. The lowest BCUT2D eigenvalue weighted by atomic mass is 10.1. The monoisotopic (exact) mass is 395 g/mol. The molecule has 0 fully saturated rings. The Balaban J connectivity index is 2.43. The van der Waals surface area contributed by atoms with E-state index < -0.39 is 29.1 Å². The van der Waals surface area contributed by atoms with E-state index in [4.69, 9.17) is 9.47 Å². The standard InChI is InChI=1S/C21H24F3NO3/c1-3-5-11-27-17-13-14(21(26)28-12-6-4-2)20(19(24)18(17)23)25-16-10-8-7-9-15(16)22/h7-10,13,25H,3-6,11-12H2,1-2H3. The molecule has 28 heavy (non-hydrogen) atoms. The second-order valence-corrected chi connectivity index (χ2v) is 6.22. The van der Waals surface area contributed by atoms with Crippen molar-refractivity contribution in [1.29, 1.82) is 0 Å². The van der Waals surface area contributed by atoms with Gasteiger partial charge in [-0.15, -0.1) is 0 Å². The van der Waals surface area contributed by atoms with Crippen LogP contribution in [0.2, 0.25) is 0 Å². The molecule has 1 N–H and O–H groups in total. The first-order chi connectivity index (χ1) is 13.5. The largest absolute Gasteiger partial charge is 0.490 e. The van der Waals surface area contributed by atoms with Crippen molar-refractivity contribution in [3.05, 3.63) is 53.3 Å². The number of para-hydroxylation sites is 1. The molecule has 4 nitrogen and oxygen atoms in total. The molecule has 0 spiro atoms. The van der Waals surface area contributed by atoms with Gasteiger partial charge in [-0.05, 0) is 25.0 Å². The van der Waals surface area contributed by atoms with Crippen LogP contribution in [0.4, 0.5) is 24.5 Å². The molecule has 0 bridgehead atoms. The number of halogens is 3. The van der Waals surface area contributed by atoms with Gasteiger partial charge in [-0.2, -0.15) is 4.39 Å². The minimum atomic E-state index is -1.33. The first-order valence-corrected chi connectivity index (χ1v) is 9.33. The molecule has 0 unspecified atom stereocenters. The molecule has 0 saturated heterocycles. The number of unbranched alkanes of at least 4 members (excludes halogenated alkanes) is 2. The van der Waals surface area contributed by atoms with Gasteiger partial charge in [0.15, 0.2) is 11.6 Å². The van der Waals surface area contributed by atoms with E-state index in [0.717, 1.165) is 25.0 Å². The lowest BCUT2D eigenvalue weighted by Gasteiger charge is -2.16. The lowest BCUT2D eigenvalue weighted by Crippen LogP contribution is -2.13. The summed E-state index contributed by atoms with van der Waals surface area (Å²) in [6.45, 7) is 4.17. The van der Waals surface area contributed by atoms with Gasteiger partial charge in [0, 0.05) is 6.07 Å². The van der Waals surface area contributed by atoms with Crippen LogP contribution in [0.3, 0.4) is 0 Å². The fourth-order valence-corrected chi connectivity index (χ4v) is 2.40. The molecule has 152 valence electrons. The average molecular weight is 395 g/mol. The predicted molar refractivity (Wildman–Crippen MR) is 102 cm³/mol. The quantitative estimate of drug-likeness (QED) is 0.397. The third-order valence-corrected chi connectivity index (χ3v) is 4.01. The van der Waals surface area contributed by atoms with E-state index in [-0.39, 0.29) is 30.2 Å². The number of rotatable bonds is 10. The van der Waals surface area contributed by atoms with Crippen LogP contribution in [0.5, 0.6) is 5.75 Å². The first-order valence-electron chi connectivity index (χ1n) is 9.33. The third kappa shape index (κ3) is 5.41. The maximum Gasteiger partial charge on any atom is 0.340 e. The average Bonchev–Trinajstić information content (AvgIpc) is 2.69. The topological polar surface area (TPSA) is 47.6 Å². The molecule has 0 saturated carbocycles. The molecule has 2 aromatic carbocycles. The summed E-state index contributed by atoms with van der Waals surface area (Å²) in [5, 5.41) is 2.47. The Labute approximate surface area is 162 Å². The molecular formula is C21H24F3NO3. The SMILES string of the molecule is CCCCOC(=O)c1cc(OCCCC)c(F)c(F)c1Nc1ccccc1F. The Morgan fingerprint density at radius 1 is 1.00 bits per heavy atom. The molecule has 2 rings (SSSR count). The molecule has 7 heteroatoms. The molecule has 0 amide bonds. The summed E-state index contributed by atoms with van der Waals surface area (Å²) in [6, 6.07) is 6.59. The number of carbonyl (C=O) groups is 1. The highest BCUT2D eigenvalue weighted by molar-refractivity contribution is 5.97. The van der Waals surface area contributed by atoms with Crippen LogP contribution in [0.15, 0.2) is 30.3 Å². The highest BCUT2D eigenvalue weighted by Gasteiger charge is 2.25. The van der Waals surface area contributed by atoms with E-state index in [1.807, 2.05) is 13.8 Å². The first kappa shape index (κ1) is 21.6. The summed E-state index contributed by atoms with van der Waals surface area (Å²) < 4.78 is 53.6. The van der Waals surface area contributed by atoms with E-state index >= 15 is 0 Å². The Morgan fingerprint density at radius 2 is 1.68 bits per heavy atom. The van der Waals surface area contributed by atoms with Crippen molar-refractivity contribution in [2.45, 2.75) is 39.5 Å². The van der Waals surface area contributed by atoms with Crippen LogP contribution >= 0.6 is 0 Å². The van der Waals surface area contributed by atoms with Crippen molar-refractivity contribution < 1.29 is 27.4 Å². The summed E-state index contributed by atoms with van der Waals surface area (Å²) >= 11 is 0. The minimum absolute atomic E-state index is 0.0944. The predicted octanol–water partition coefficient (Wildman–Crippen LogP) is 5.98. The summed E-state index contributed by atoms with van der Waals surface area (Å²) in [4.78, 5) is 12.5. The van der Waals surface area contributed by atoms with Gasteiger partial charge in [0.25, 0.3) is 0 Å². The molecule has 0 aliphatic heterocycles. The molecule has 0 aliphatic carbocycles. The van der Waals surface area contributed by atoms with E-state index in [0.29, 0.717) is 12.8 Å². The van der Waals surface area contributed by atoms with Gasteiger partial charge >= 0.3 is 5.97 Å². The molecule has 0 radical (unpaired) electrons. The molecule has 0 atom stereocenters. The molecule has 0 heterocycles. The Kier molecular flexibility index (Phi) is 8.17. The van der Waals surface area contributed by atoms with Crippen molar-refractivity contribution >= 4 is 17.3 Å². The number of hydrogen-bond donors (Lipinski definition) is 1. The van der Waals surface area contributed by atoms with Crippen LogP contribution in [-0.4, -0.2) is 19.2 Å². The smallest absolute Gasteiger partial charge is 0.340 e. The van der Waals surface area contributed by atoms with Gasteiger partial charge in [0.1, 0.15) is 5.82 Å². The number of benzene rings is 2. The van der Waals surface area contributed by atoms with Gasteiger partial charge in [0.2, 0.25) is 5.82 Å². The van der Waals surface area contributed by atoms with E-state index in [1.54, 1.807) is 0 Å². The van der Waals surface area contributed by atoms with Crippen LogP contribution in [-0.2, 0) is 4.74 Å². The van der Waals surface area contributed by atoms with Crippen molar-refractivity contribution in [2.24, 2.45) is 0 Å². The summed E-state index contributed by atoms with van der Waals surface area (Å²) in [6.07, 6.45) is 2.89. The highest BCUT2D eigenvalue weighted by atomic mass is 19.2. The maximum absolute atomic E-state index is 14.8. The van der Waals surface area contributed by atoms with Gasteiger partial charge < -0.3 is 14.8 Å². The fourth-order valence-electron chi connectivity index (χ4n) is 2.40. The van der Waals surface area contributed by atoms with Gasteiger partial charge in [-0.3, -0.25) is 0 Å². The van der Waals surface area contributed by atoms with Crippen molar-refractivity contribution in [2.75, 3.05) is 18.5 Å². The summed E-state index contributed by atoms with van der Waals surface area (Å²) in [7, 11) is 0. The number of ether oxygens (including phenoxy) is 2. The number of carbonyl (C=O) groups excluding carboxylic acids is 1. The molecular weight excluding hydrogens is 371 g/mol. The van der Waals surface area contributed by atoms with Crippen LogP contribution in [0.25, 0.3) is 0 Å². The summed E-state index contributed by atoms with van der Waals surface area (Å²) in [5.74, 6) is -4.48. The van der Waals surface area contributed by atoms with E-state index in [9.17, 15) is 18.0 Å². The molecule has 2 aromatic rings. The van der Waals surface area contributed by atoms with Gasteiger partial charge in [0.05, 0.1) is 30.2 Å². The van der Waals surface area contributed by atoms with Crippen molar-refractivity contribution in [3.63, 3.8) is 0 Å². The number of nitrogens with one attached hydrogen (secondary N) is 1. The molecule has 0 aliphatic rings. The zero-order valence-corrected chi connectivity index (χ0v) is 16.0. The van der Waals surface area contributed by atoms with Crippen LogP contribution in [0.1, 0.15) is 49.9 Å². The van der Waals surface area contributed by atoms with Crippen molar-refractivity contribution in [1.82, 2.24) is 0 Å². The normalized spacial score (nSPS) is 10.6. The number of hydrogen-bond acceptors (Lipinski definition) is 4. The van der Waals surface area contributed by atoms with Gasteiger partial charge in [-0.25, -0.2) is 13.6 Å². The Bertz CT molecular complexity index is 812. The maximum atomic E-state index is 14.8. The number of anilines is 2. The van der Waals surface area contributed by atoms with Crippen molar-refractivity contribution in [3.8, 4) is 5.75 Å². The Hall–Kier alpha value is -2.70. The zero-order valence-electron chi connectivity index (χ0n) is 16.0. The van der Waals surface area contributed by atoms with E-state index in [2.05, 4.69) is 5.32 Å². The highest BCUT2D eigenvalue weighted by Crippen LogP contribution is 2.33. The summed E-state index contributed by atoms with van der Waals surface area (Å²) in [5.41, 5.74) is -0.847. The van der Waals surface area contributed by atoms with Gasteiger partial charge in [-0.1, -0.05) is 38.8 Å². The zero-order chi connectivity index (χ0) is 20.5. The van der Waals surface area contributed by atoms with Crippen LogP contribution < -0.4 is 10.1 Å². The van der Waals surface area contributed by atoms with Crippen LogP contribution in [0, 0.1) is 17.5 Å².